The van der Waals surface area contributed by atoms with Gasteiger partial charge >= 0.3 is 5.97 Å². The lowest BCUT2D eigenvalue weighted by Gasteiger charge is -2.28. The highest BCUT2D eigenvalue weighted by molar-refractivity contribution is 7.99. The average Bonchev–Trinajstić information content (AvgIpc) is 2.61. The van der Waals surface area contributed by atoms with E-state index in [1.54, 1.807) is 10.6 Å². The highest BCUT2D eigenvalue weighted by Gasteiger charge is 2.19. The Labute approximate surface area is 158 Å². The van der Waals surface area contributed by atoms with Crippen LogP contribution in [0.5, 0.6) is 0 Å². The second-order valence-corrected chi connectivity index (χ2v) is 7.81. The summed E-state index contributed by atoms with van der Waals surface area (Å²) in [5.41, 5.74) is 0.591. The van der Waals surface area contributed by atoms with E-state index in [2.05, 4.69) is 32.7 Å². The number of nitrogens with zero attached hydrogens (tertiary/aromatic N) is 2. The Morgan fingerprint density at radius 2 is 1.88 bits per heavy atom. The molecule has 0 spiro atoms. The number of thioether (sulfide) groups is 1. The number of hydrogen-bond donors (Lipinski definition) is 1. The summed E-state index contributed by atoms with van der Waals surface area (Å²) in [7, 11) is 1.36. The number of benzene rings is 1. The Morgan fingerprint density at radius 1 is 1.23 bits per heavy atom. The molecule has 1 aromatic heterocycles. The molecule has 1 aromatic carbocycles. The summed E-state index contributed by atoms with van der Waals surface area (Å²) < 4.78 is 6.41. The summed E-state index contributed by atoms with van der Waals surface area (Å²) in [5, 5.41) is 1.16. The Balaban J connectivity index is 2.39. The lowest BCUT2D eigenvalue weighted by molar-refractivity contribution is -0.942. The van der Waals surface area contributed by atoms with E-state index in [0.717, 1.165) is 6.54 Å². The largest absolute Gasteiger partial charge is 0.468 e. The molecule has 0 atom stereocenters. The van der Waals surface area contributed by atoms with Gasteiger partial charge in [-0.2, -0.15) is 0 Å². The van der Waals surface area contributed by atoms with E-state index in [9.17, 15) is 9.59 Å². The van der Waals surface area contributed by atoms with Crippen LogP contribution in [0.3, 0.4) is 0 Å². The number of aromatic nitrogens is 2. The number of para-hydroxylation sites is 1. The van der Waals surface area contributed by atoms with Crippen LogP contribution >= 0.6 is 11.8 Å². The summed E-state index contributed by atoms with van der Waals surface area (Å²) in [5.74, 6) is -0.202. The van der Waals surface area contributed by atoms with E-state index in [0.29, 0.717) is 34.7 Å². The highest BCUT2D eigenvalue weighted by atomic mass is 32.2. The van der Waals surface area contributed by atoms with Crippen LogP contribution in [0, 0.1) is 0 Å². The Hall–Kier alpha value is -1.86. The molecular weight excluding hydrogens is 350 g/mol. The number of nitrogens with one attached hydrogen (secondary N) is 1. The molecule has 26 heavy (non-hydrogen) atoms. The van der Waals surface area contributed by atoms with Crippen molar-refractivity contribution in [2.75, 3.05) is 19.4 Å². The lowest BCUT2D eigenvalue weighted by Crippen LogP contribution is -3.18. The molecular formula is C19H28N3O3S+. The number of rotatable bonds is 8. The molecule has 0 aliphatic heterocycles. The smallest absolute Gasteiger partial charge is 0.316 e. The van der Waals surface area contributed by atoms with Gasteiger partial charge in [0.2, 0.25) is 0 Å². The van der Waals surface area contributed by atoms with Crippen molar-refractivity contribution in [2.24, 2.45) is 0 Å². The van der Waals surface area contributed by atoms with Crippen LogP contribution < -0.4 is 10.5 Å². The molecule has 0 radical (unpaired) electrons. The van der Waals surface area contributed by atoms with Gasteiger partial charge in [-0.05, 0) is 39.8 Å². The number of methoxy groups -OCH3 is 1. The van der Waals surface area contributed by atoms with Crippen LogP contribution in [0.1, 0.15) is 27.7 Å². The minimum atomic E-state index is -0.333. The lowest BCUT2D eigenvalue weighted by atomic mass is 10.2. The maximum absolute atomic E-state index is 13.0. The summed E-state index contributed by atoms with van der Waals surface area (Å²) in [4.78, 5) is 30.6. The third-order valence-corrected chi connectivity index (χ3v) is 5.43. The molecule has 1 heterocycles. The predicted octanol–water partition coefficient (Wildman–Crippen LogP) is 1.36. The van der Waals surface area contributed by atoms with Gasteiger partial charge < -0.3 is 9.64 Å². The van der Waals surface area contributed by atoms with Gasteiger partial charge in [0.1, 0.15) is 0 Å². The maximum Gasteiger partial charge on any atom is 0.316 e. The molecule has 0 fully saturated rings. The zero-order valence-corrected chi connectivity index (χ0v) is 16.9. The molecule has 0 amide bonds. The first-order chi connectivity index (χ1) is 12.3. The fourth-order valence-electron chi connectivity index (χ4n) is 3.12. The fourth-order valence-corrected chi connectivity index (χ4v) is 3.98. The first-order valence-corrected chi connectivity index (χ1v) is 9.88. The minimum Gasteiger partial charge on any atom is -0.468 e. The molecule has 0 unspecified atom stereocenters. The van der Waals surface area contributed by atoms with Crippen molar-refractivity contribution < 1.29 is 14.4 Å². The van der Waals surface area contributed by atoms with Crippen LogP contribution in [-0.4, -0.2) is 47.0 Å². The van der Waals surface area contributed by atoms with Gasteiger partial charge in [0, 0.05) is 0 Å². The van der Waals surface area contributed by atoms with Gasteiger partial charge in [-0.25, -0.2) is 4.98 Å². The molecule has 142 valence electrons. The van der Waals surface area contributed by atoms with E-state index in [-0.39, 0.29) is 17.3 Å². The van der Waals surface area contributed by atoms with Gasteiger partial charge in [0.15, 0.2) is 5.16 Å². The minimum absolute atomic E-state index is 0.0603. The average molecular weight is 379 g/mol. The number of carbonyl (C=O) groups excluding carboxylic acids is 1. The molecule has 6 nitrogen and oxygen atoms in total. The monoisotopic (exact) mass is 378 g/mol. The second-order valence-electron chi connectivity index (χ2n) is 6.87. The molecule has 0 aliphatic rings. The summed E-state index contributed by atoms with van der Waals surface area (Å²) >= 11 is 1.25. The van der Waals surface area contributed by atoms with Crippen molar-refractivity contribution in [3.8, 4) is 0 Å². The molecule has 0 bridgehead atoms. The highest BCUT2D eigenvalue weighted by Crippen LogP contribution is 2.17. The van der Waals surface area contributed by atoms with Crippen molar-refractivity contribution in [1.82, 2.24) is 9.55 Å². The van der Waals surface area contributed by atoms with Crippen molar-refractivity contribution >= 4 is 28.6 Å². The topological polar surface area (TPSA) is 65.6 Å². The SMILES string of the molecule is COC(=O)CSc1nc2ccccc2c(=O)n1CC[NH+](C(C)C)C(C)C. The number of ether oxygens (including phenoxy) is 1. The van der Waals surface area contributed by atoms with Crippen LogP contribution in [0.2, 0.25) is 0 Å². The molecule has 7 heteroatoms. The van der Waals surface area contributed by atoms with Gasteiger partial charge in [-0.3, -0.25) is 14.2 Å². The van der Waals surface area contributed by atoms with Crippen molar-refractivity contribution in [3.63, 3.8) is 0 Å². The van der Waals surface area contributed by atoms with E-state index >= 15 is 0 Å². The molecule has 2 aromatic rings. The first kappa shape index (κ1) is 20.5. The second kappa shape index (κ2) is 9.19. The Kier molecular flexibility index (Phi) is 7.23. The van der Waals surface area contributed by atoms with Crippen molar-refractivity contribution in [3.05, 3.63) is 34.6 Å². The zero-order valence-electron chi connectivity index (χ0n) is 16.1. The van der Waals surface area contributed by atoms with Crippen LogP contribution in [0.25, 0.3) is 10.9 Å². The quantitative estimate of drug-likeness (QED) is 0.427. The molecule has 1 N–H and O–H groups in total. The third-order valence-electron chi connectivity index (χ3n) is 4.48. The number of fused-ring (bicyclic) bond motifs is 1. The van der Waals surface area contributed by atoms with Crippen LogP contribution in [-0.2, 0) is 16.1 Å². The maximum atomic E-state index is 13.0. The molecule has 0 saturated carbocycles. The standard InChI is InChI=1S/C19H27N3O3S/c1-13(2)21(14(3)4)10-11-22-18(24)15-8-6-7-9-16(15)20-19(22)26-12-17(23)25-5/h6-9,13-14H,10-12H2,1-5H3/p+1. The summed E-state index contributed by atoms with van der Waals surface area (Å²) in [6.45, 7) is 10.1. The fraction of sp³-hybridized carbons (Fsp3) is 0.526. The van der Waals surface area contributed by atoms with Crippen LogP contribution in [0.15, 0.2) is 34.2 Å². The predicted molar refractivity (Wildman–Crippen MR) is 105 cm³/mol. The van der Waals surface area contributed by atoms with E-state index in [1.165, 1.54) is 23.8 Å². The number of esters is 1. The third kappa shape index (κ3) is 4.86. The Morgan fingerprint density at radius 3 is 2.50 bits per heavy atom. The van der Waals surface area contributed by atoms with Crippen molar-refractivity contribution in [1.29, 1.82) is 0 Å². The van der Waals surface area contributed by atoms with Gasteiger partial charge in [0.25, 0.3) is 5.56 Å². The number of carbonyl (C=O) groups is 1. The molecule has 0 saturated heterocycles. The van der Waals surface area contributed by atoms with Crippen LogP contribution in [0.4, 0.5) is 0 Å². The van der Waals surface area contributed by atoms with Gasteiger partial charge in [-0.1, -0.05) is 23.9 Å². The summed E-state index contributed by atoms with van der Waals surface area (Å²) in [6, 6.07) is 8.25. The van der Waals surface area contributed by atoms with Gasteiger partial charge in [0.05, 0.1) is 48.9 Å². The van der Waals surface area contributed by atoms with E-state index in [1.807, 2.05) is 18.2 Å². The van der Waals surface area contributed by atoms with E-state index in [4.69, 9.17) is 4.74 Å². The van der Waals surface area contributed by atoms with Gasteiger partial charge in [-0.15, -0.1) is 0 Å². The molecule has 2 rings (SSSR count). The number of hydrogen-bond acceptors (Lipinski definition) is 5. The first-order valence-electron chi connectivity index (χ1n) is 8.90. The zero-order chi connectivity index (χ0) is 19.3. The number of quaternary nitrogens is 1. The summed E-state index contributed by atoms with van der Waals surface area (Å²) in [6.07, 6.45) is 0. The van der Waals surface area contributed by atoms with Crippen molar-refractivity contribution in [2.45, 2.75) is 51.5 Å². The van der Waals surface area contributed by atoms with E-state index < -0.39 is 0 Å². The molecule has 0 aliphatic carbocycles. The normalized spacial score (nSPS) is 11.7. The Bertz CT molecular complexity index is 809.